The van der Waals surface area contributed by atoms with E-state index in [2.05, 4.69) is 43.5 Å². The van der Waals surface area contributed by atoms with Gasteiger partial charge in [0.05, 0.1) is 39.9 Å². The van der Waals surface area contributed by atoms with Crippen molar-refractivity contribution >= 4 is 13.7 Å². The van der Waals surface area contributed by atoms with Crippen LogP contribution in [0.5, 0.6) is 0 Å². The van der Waals surface area contributed by atoms with Gasteiger partial charge in [-0.25, -0.2) is 0 Å². The maximum Gasteiger partial charge on any atom is 0.268 e. The van der Waals surface area contributed by atoms with Gasteiger partial charge in [-0.3, -0.25) is 9.36 Å². The van der Waals surface area contributed by atoms with Crippen molar-refractivity contribution in [2.75, 3.05) is 40.9 Å². The van der Waals surface area contributed by atoms with Gasteiger partial charge in [-0.15, -0.1) is 0 Å². The number of phosphoric ester groups is 1. The molecule has 0 aliphatic carbocycles. The molecule has 70 heavy (non-hydrogen) atoms. The molecule has 0 spiro atoms. The highest BCUT2D eigenvalue weighted by Crippen LogP contribution is 2.38. The van der Waals surface area contributed by atoms with E-state index in [9.17, 15) is 19.4 Å². The SMILES string of the molecule is CCCCCCC/C=C/CC/C=C/C(O)C(COP(=O)([O-])OCC[N+](C)(C)C)NC(=O)CCCCCCCCCCCCCCCCCCC/C=C\CCCCCCCCCCCCCCCCCC. The van der Waals surface area contributed by atoms with Crippen LogP contribution in [0, 0.1) is 0 Å². The first-order chi connectivity index (χ1) is 34.0. The van der Waals surface area contributed by atoms with Gasteiger partial charge < -0.3 is 28.8 Å². The normalized spacial score (nSPS) is 14.1. The molecule has 414 valence electrons. The number of quaternary nitrogens is 1. The number of allylic oxidation sites excluding steroid dienone is 5. The van der Waals surface area contributed by atoms with Gasteiger partial charge in [-0.05, 0) is 57.8 Å². The Hall–Kier alpha value is -1.28. The van der Waals surface area contributed by atoms with E-state index in [1.807, 2.05) is 27.2 Å². The van der Waals surface area contributed by atoms with Gasteiger partial charge in [0, 0.05) is 6.42 Å². The summed E-state index contributed by atoms with van der Waals surface area (Å²) in [6, 6.07) is -0.900. The lowest BCUT2D eigenvalue weighted by Gasteiger charge is -2.29. The Morgan fingerprint density at radius 1 is 0.486 bits per heavy atom. The lowest BCUT2D eigenvalue weighted by molar-refractivity contribution is -0.870. The zero-order valence-corrected chi connectivity index (χ0v) is 48.1. The van der Waals surface area contributed by atoms with E-state index < -0.39 is 26.6 Å². The van der Waals surface area contributed by atoms with Crippen LogP contribution < -0.4 is 10.2 Å². The van der Waals surface area contributed by atoms with Crippen LogP contribution in [0.2, 0.25) is 0 Å². The molecule has 0 saturated carbocycles. The topological polar surface area (TPSA) is 108 Å². The van der Waals surface area contributed by atoms with Crippen molar-refractivity contribution in [2.24, 2.45) is 0 Å². The van der Waals surface area contributed by atoms with Gasteiger partial charge in [0.1, 0.15) is 13.2 Å². The Morgan fingerprint density at radius 2 is 0.800 bits per heavy atom. The number of aliphatic hydroxyl groups is 1. The lowest BCUT2D eigenvalue weighted by atomic mass is 10.0. The highest BCUT2D eigenvalue weighted by molar-refractivity contribution is 7.45. The van der Waals surface area contributed by atoms with Gasteiger partial charge >= 0.3 is 0 Å². The fourth-order valence-electron chi connectivity index (χ4n) is 9.05. The quantitative estimate of drug-likeness (QED) is 0.0272. The molecule has 0 aliphatic rings. The van der Waals surface area contributed by atoms with E-state index in [0.29, 0.717) is 17.4 Å². The number of carbonyl (C=O) groups is 1. The molecule has 8 nitrogen and oxygen atoms in total. The second kappa shape index (κ2) is 52.6. The molecule has 0 aliphatic heterocycles. The fraction of sp³-hybridized carbons (Fsp3) is 0.885. The molecular formula is C61H119N2O6P. The van der Waals surface area contributed by atoms with Crippen LogP contribution in [-0.2, 0) is 18.4 Å². The van der Waals surface area contributed by atoms with Crippen LogP contribution in [0.4, 0.5) is 0 Å². The molecular weight excluding hydrogens is 888 g/mol. The number of likely N-dealkylation sites (N-methyl/N-ethyl adjacent to an activating group) is 1. The molecule has 1 amide bonds. The molecule has 0 saturated heterocycles. The van der Waals surface area contributed by atoms with Gasteiger partial charge in [-0.2, -0.15) is 0 Å². The van der Waals surface area contributed by atoms with Crippen molar-refractivity contribution in [3.8, 4) is 0 Å². The predicted molar refractivity (Wildman–Crippen MR) is 302 cm³/mol. The Kier molecular flexibility index (Phi) is 51.6. The smallest absolute Gasteiger partial charge is 0.268 e. The minimum Gasteiger partial charge on any atom is -0.756 e. The third kappa shape index (κ3) is 54.5. The van der Waals surface area contributed by atoms with Crippen LogP contribution in [0.1, 0.15) is 296 Å². The number of carbonyl (C=O) groups excluding carboxylic acids is 1. The van der Waals surface area contributed by atoms with Crippen molar-refractivity contribution in [2.45, 2.75) is 309 Å². The van der Waals surface area contributed by atoms with E-state index in [-0.39, 0.29) is 12.5 Å². The van der Waals surface area contributed by atoms with Crippen molar-refractivity contribution in [3.63, 3.8) is 0 Å². The van der Waals surface area contributed by atoms with Crippen molar-refractivity contribution in [3.05, 3.63) is 36.5 Å². The zero-order valence-electron chi connectivity index (χ0n) is 47.2. The summed E-state index contributed by atoms with van der Waals surface area (Å²) in [6.45, 7) is 4.63. The van der Waals surface area contributed by atoms with E-state index in [1.165, 1.54) is 238 Å². The van der Waals surface area contributed by atoms with Crippen LogP contribution >= 0.6 is 7.82 Å². The minimum atomic E-state index is -4.60. The average Bonchev–Trinajstić information content (AvgIpc) is 3.32. The summed E-state index contributed by atoms with van der Waals surface area (Å²) in [5.41, 5.74) is 0. The summed E-state index contributed by atoms with van der Waals surface area (Å²) in [6.07, 6.45) is 68.4. The second-order valence-electron chi connectivity index (χ2n) is 22.0. The first-order valence-corrected chi connectivity index (χ1v) is 31.8. The number of unbranched alkanes of at least 4 members (excludes halogenated alkanes) is 39. The second-order valence-corrected chi connectivity index (χ2v) is 23.5. The highest BCUT2D eigenvalue weighted by Gasteiger charge is 2.23. The summed E-state index contributed by atoms with van der Waals surface area (Å²) in [7, 11) is 1.25. The third-order valence-electron chi connectivity index (χ3n) is 13.8. The zero-order chi connectivity index (χ0) is 51.3. The Labute approximate surface area is 436 Å². The lowest BCUT2D eigenvalue weighted by Crippen LogP contribution is -2.45. The molecule has 0 radical (unpaired) electrons. The Morgan fingerprint density at radius 3 is 1.16 bits per heavy atom. The average molecular weight is 1010 g/mol. The molecule has 3 atom stereocenters. The molecule has 0 rings (SSSR count). The Balaban J connectivity index is 3.88. The van der Waals surface area contributed by atoms with Gasteiger partial charge in [0.2, 0.25) is 5.91 Å². The molecule has 0 aromatic carbocycles. The molecule has 0 fully saturated rings. The van der Waals surface area contributed by atoms with Crippen molar-refractivity contribution in [1.29, 1.82) is 0 Å². The van der Waals surface area contributed by atoms with E-state index >= 15 is 0 Å². The summed E-state index contributed by atoms with van der Waals surface area (Å²) in [5, 5.41) is 13.8. The van der Waals surface area contributed by atoms with Gasteiger partial charge in [0.15, 0.2) is 0 Å². The summed E-state index contributed by atoms with van der Waals surface area (Å²) < 4.78 is 23.2. The van der Waals surface area contributed by atoms with Crippen LogP contribution in [0.25, 0.3) is 0 Å². The number of nitrogens with zero attached hydrogens (tertiary/aromatic N) is 1. The van der Waals surface area contributed by atoms with Crippen molar-refractivity contribution < 1.29 is 32.9 Å². The molecule has 9 heteroatoms. The minimum absolute atomic E-state index is 0.00541. The maximum absolute atomic E-state index is 12.9. The van der Waals surface area contributed by atoms with Gasteiger partial charge in [-0.1, -0.05) is 269 Å². The standard InChI is InChI=1S/C61H119N2O6P/c1-6-8-10-12-14-16-18-19-20-21-22-23-24-25-26-27-28-29-30-31-32-33-34-35-36-37-38-39-40-41-42-43-45-47-49-51-53-55-61(65)62-59(58-69-70(66,67)68-57-56-63(3,4)5)60(64)54-52-50-48-46-44-17-15-13-11-9-7-2/h29-30,44,46,52,54,59-60,64H,6-28,31-43,45,47-51,53,55-58H2,1-5H3,(H-,62,65,66,67)/b30-29-,46-44+,54-52+. The maximum atomic E-state index is 12.9. The third-order valence-corrected chi connectivity index (χ3v) is 14.8. The molecule has 0 heterocycles. The number of aliphatic hydroxyl groups excluding tert-OH is 1. The first kappa shape index (κ1) is 68.7. The monoisotopic (exact) mass is 1010 g/mol. The molecule has 2 N–H and O–H groups in total. The van der Waals surface area contributed by atoms with Crippen LogP contribution in [0.3, 0.4) is 0 Å². The number of hydrogen-bond acceptors (Lipinski definition) is 6. The number of nitrogens with one attached hydrogen (secondary N) is 1. The summed E-state index contributed by atoms with van der Waals surface area (Å²) in [4.78, 5) is 25.4. The van der Waals surface area contributed by atoms with Gasteiger partial charge in [0.25, 0.3) is 7.82 Å². The fourth-order valence-corrected chi connectivity index (χ4v) is 9.77. The predicted octanol–water partition coefficient (Wildman–Crippen LogP) is 17.9. The Bertz CT molecular complexity index is 1230. The highest BCUT2D eigenvalue weighted by atomic mass is 31.2. The molecule has 0 bridgehead atoms. The summed E-state index contributed by atoms with van der Waals surface area (Å²) >= 11 is 0. The van der Waals surface area contributed by atoms with Crippen LogP contribution in [0.15, 0.2) is 36.5 Å². The number of rotatable bonds is 56. The molecule has 3 unspecified atom stereocenters. The largest absolute Gasteiger partial charge is 0.756 e. The molecule has 0 aromatic heterocycles. The first-order valence-electron chi connectivity index (χ1n) is 30.4. The van der Waals surface area contributed by atoms with Crippen LogP contribution in [-0.4, -0.2) is 68.5 Å². The molecule has 0 aromatic rings. The number of phosphoric acid groups is 1. The summed E-state index contributed by atoms with van der Waals surface area (Å²) in [5.74, 6) is -0.205. The van der Waals surface area contributed by atoms with E-state index in [0.717, 1.165) is 38.5 Å². The van der Waals surface area contributed by atoms with Crippen molar-refractivity contribution in [1.82, 2.24) is 5.32 Å². The van der Waals surface area contributed by atoms with E-state index in [4.69, 9.17) is 9.05 Å². The number of amides is 1. The van der Waals surface area contributed by atoms with E-state index in [1.54, 1.807) is 6.08 Å². The number of hydrogen-bond donors (Lipinski definition) is 2.